The highest BCUT2D eigenvalue weighted by Gasteiger charge is 2.32. The van der Waals surface area contributed by atoms with Crippen LogP contribution in [0.2, 0.25) is 0 Å². The Morgan fingerprint density at radius 2 is 2.27 bits per heavy atom. The van der Waals surface area contributed by atoms with Crippen molar-refractivity contribution in [3.8, 4) is 0 Å². The molecule has 1 aliphatic rings. The number of carbonyl (C=O) groups is 2. The van der Waals surface area contributed by atoms with Gasteiger partial charge in [0.25, 0.3) is 5.91 Å². The lowest BCUT2D eigenvalue weighted by Gasteiger charge is -2.18. The van der Waals surface area contributed by atoms with Gasteiger partial charge in [0.2, 0.25) is 0 Å². The predicted molar refractivity (Wildman–Crippen MR) is 45.6 cm³/mol. The fraction of sp³-hybridized carbons (Fsp3) is 0.750. The Morgan fingerprint density at radius 1 is 1.60 bits per heavy atom. The van der Waals surface area contributed by atoms with Gasteiger partial charge in [0, 0.05) is 19.3 Å². The Hall–Kier alpha value is -1.18. The number of rotatable bonds is 4. The molecule has 1 rings (SSSR count). The molecule has 0 bridgehead atoms. The molecule has 7 nitrogen and oxygen atoms in total. The van der Waals surface area contributed by atoms with Gasteiger partial charge in [0.05, 0.1) is 6.42 Å². The number of hydrogen-bond acceptors (Lipinski definition) is 6. The third-order valence-corrected chi connectivity index (χ3v) is 1.94. The van der Waals surface area contributed by atoms with Gasteiger partial charge in [0.15, 0.2) is 12.5 Å². The molecule has 1 atom stereocenters. The molecule has 1 heterocycles. The Bertz CT molecular complexity index is 254. The number of hydrogen-bond donors (Lipinski definition) is 3. The first kappa shape index (κ1) is 11.9. The Labute approximate surface area is 85.8 Å². The van der Waals surface area contributed by atoms with E-state index in [4.69, 9.17) is 10.2 Å². The summed E-state index contributed by atoms with van der Waals surface area (Å²) >= 11 is 0. The predicted octanol–water partition coefficient (Wildman–Crippen LogP) is -1.52. The monoisotopic (exact) mass is 219 g/mol. The Kier molecular flexibility index (Phi) is 4.01. The Morgan fingerprint density at radius 3 is 2.73 bits per heavy atom. The minimum Gasteiger partial charge on any atom is -0.370 e. The second-order valence-corrected chi connectivity index (χ2v) is 3.22. The van der Waals surface area contributed by atoms with Crippen LogP contribution in [0.15, 0.2) is 0 Å². The number of carbonyl (C=O) groups excluding carboxylic acids is 2. The maximum atomic E-state index is 11.0. The topological polar surface area (TPSA) is 107 Å². The zero-order valence-electron chi connectivity index (χ0n) is 8.00. The molecule has 86 valence electrons. The van der Waals surface area contributed by atoms with Crippen molar-refractivity contribution in [2.45, 2.75) is 38.2 Å². The van der Waals surface area contributed by atoms with Crippen LogP contribution in [-0.2, 0) is 14.4 Å². The average molecular weight is 219 g/mol. The highest BCUT2D eigenvalue weighted by atomic mass is 16.7. The molecule has 0 aromatic rings. The molecule has 0 aliphatic carbocycles. The number of hydroxylamine groups is 2. The average Bonchev–Trinajstić information content (AvgIpc) is 2.46. The SMILES string of the molecule is O=C(CCC(O)O)ON1C(=O)CCC1O. The van der Waals surface area contributed by atoms with Crippen LogP contribution in [0, 0.1) is 0 Å². The lowest BCUT2D eigenvalue weighted by atomic mass is 10.3. The molecule has 0 spiro atoms. The molecule has 1 aliphatic heterocycles. The molecule has 1 saturated heterocycles. The molecule has 0 aromatic heterocycles. The van der Waals surface area contributed by atoms with Crippen LogP contribution in [0.5, 0.6) is 0 Å². The van der Waals surface area contributed by atoms with E-state index in [1.165, 1.54) is 0 Å². The largest absolute Gasteiger partial charge is 0.370 e. The van der Waals surface area contributed by atoms with E-state index >= 15 is 0 Å². The maximum Gasteiger partial charge on any atom is 0.332 e. The van der Waals surface area contributed by atoms with E-state index in [-0.39, 0.29) is 25.7 Å². The van der Waals surface area contributed by atoms with Gasteiger partial charge in [-0.25, -0.2) is 4.79 Å². The first-order valence-electron chi connectivity index (χ1n) is 4.57. The van der Waals surface area contributed by atoms with Crippen molar-refractivity contribution in [1.29, 1.82) is 0 Å². The zero-order valence-corrected chi connectivity index (χ0v) is 8.00. The van der Waals surface area contributed by atoms with Crippen LogP contribution in [0.3, 0.4) is 0 Å². The molecule has 15 heavy (non-hydrogen) atoms. The highest BCUT2D eigenvalue weighted by molar-refractivity contribution is 5.79. The molecule has 3 N–H and O–H groups in total. The van der Waals surface area contributed by atoms with Crippen molar-refractivity contribution in [3.05, 3.63) is 0 Å². The van der Waals surface area contributed by atoms with Gasteiger partial charge in [-0.3, -0.25) is 4.79 Å². The highest BCUT2D eigenvalue weighted by Crippen LogP contribution is 2.17. The first-order valence-corrected chi connectivity index (χ1v) is 4.57. The Balaban J connectivity index is 2.34. The van der Waals surface area contributed by atoms with Crippen LogP contribution in [0.4, 0.5) is 0 Å². The fourth-order valence-electron chi connectivity index (χ4n) is 1.16. The fourth-order valence-corrected chi connectivity index (χ4v) is 1.16. The van der Waals surface area contributed by atoms with Crippen LogP contribution >= 0.6 is 0 Å². The third kappa shape index (κ3) is 3.46. The normalized spacial score (nSPS) is 21.2. The van der Waals surface area contributed by atoms with Gasteiger partial charge in [0.1, 0.15) is 0 Å². The van der Waals surface area contributed by atoms with Gasteiger partial charge in [-0.05, 0) is 0 Å². The van der Waals surface area contributed by atoms with Gasteiger partial charge < -0.3 is 20.2 Å². The standard InChI is InChI=1S/C8H13NO6/c10-5-1-2-6(11)9(5)15-8(14)4-3-7(12)13/h5,7,10,12-13H,1-4H2. The number of aliphatic hydroxyl groups is 3. The van der Waals surface area contributed by atoms with E-state index in [1.54, 1.807) is 0 Å². The number of nitrogens with zero attached hydrogens (tertiary/aromatic N) is 1. The van der Waals surface area contributed by atoms with E-state index < -0.39 is 24.4 Å². The van der Waals surface area contributed by atoms with Crippen LogP contribution in [-0.4, -0.2) is 44.8 Å². The van der Waals surface area contributed by atoms with Crippen LogP contribution < -0.4 is 0 Å². The third-order valence-electron chi connectivity index (χ3n) is 1.94. The number of aliphatic hydroxyl groups excluding tert-OH is 2. The van der Waals surface area contributed by atoms with E-state index in [9.17, 15) is 14.7 Å². The molecule has 1 unspecified atom stereocenters. The van der Waals surface area contributed by atoms with Gasteiger partial charge >= 0.3 is 5.97 Å². The van der Waals surface area contributed by atoms with Crippen molar-refractivity contribution in [2.75, 3.05) is 0 Å². The van der Waals surface area contributed by atoms with Crippen molar-refractivity contribution >= 4 is 11.9 Å². The summed E-state index contributed by atoms with van der Waals surface area (Å²) in [5, 5.41) is 26.8. The van der Waals surface area contributed by atoms with Gasteiger partial charge in [-0.15, -0.1) is 5.06 Å². The summed E-state index contributed by atoms with van der Waals surface area (Å²) in [7, 11) is 0. The summed E-state index contributed by atoms with van der Waals surface area (Å²) < 4.78 is 0. The van der Waals surface area contributed by atoms with E-state index in [2.05, 4.69) is 4.84 Å². The van der Waals surface area contributed by atoms with E-state index in [0.29, 0.717) is 5.06 Å². The van der Waals surface area contributed by atoms with Gasteiger partial charge in [-0.1, -0.05) is 0 Å². The summed E-state index contributed by atoms with van der Waals surface area (Å²) in [6, 6.07) is 0. The molecule has 1 fully saturated rings. The smallest absolute Gasteiger partial charge is 0.332 e. The number of amides is 1. The zero-order chi connectivity index (χ0) is 11.4. The van der Waals surface area contributed by atoms with Crippen LogP contribution in [0.1, 0.15) is 25.7 Å². The minimum absolute atomic E-state index is 0.136. The minimum atomic E-state index is -1.59. The molecular formula is C8H13NO6. The maximum absolute atomic E-state index is 11.0. The molecule has 7 heteroatoms. The summed E-state index contributed by atoms with van der Waals surface area (Å²) in [5.74, 6) is -1.24. The summed E-state index contributed by atoms with van der Waals surface area (Å²) in [6.07, 6.45) is -2.71. The second kappa shape index (κ2) is 5.06. The second-order valence-electron chi connectivity index (χ2n) is 3.22. The van der Waals surface area contributed by atoms with Crippen molar-refractivity contribution in [3.63, 3.8) is 0 Å². The van der Waals surface area contributed by atoms with Crippen molar-refractivity contribution in [1.82, 2.24) is 5.06 Å². The lowest BCUT2D eigenvalue weighted by Crippen LogP contribution is -2.35. The van der Waals surface area contributed by atoms with Crippen molar-refractivity contribution < 1.29 is 29.7 Å². The molecule has 0 aromatic carbocycles. The van der Waals surface area contributed by atoms with Crippen LogP contribution in [0.25, 0.3) is 0 Å². The summed E-state index contributed by atoms with van der Waals surface area (Å²) in [5.41, 5.74) is 0. The summed E-state index contributed by atoms with van der Waals surface area (Å²) in [6.45, 7) is 0. The lowest BCUT2D eigenvalue weighted by molar-refractivity contribution is -0.221. The van der Waals surface area contributed by atoms with E-state index in [0.717, 1.165) is 0 Å². The van der Waals surface area contributed by atoms with Crippen molar-refractivity contribution in [2.24, 2.45) is 0 Å². The molecule has 1 amide bonds. The molecule has 0 radical (unpaired) electrons. The summed E-state index contributed by atoms with van der Waals surface area (Å²) in [4.78, 5) is 26.7. The van der Waals surface area contributed by atoms with Gasteiger partial charge in [-0.2, -0.15) is 0 Å². The van der Waals surface area contributed by atoms with E-state index in [1.807, 2.05) is 0 Å². The first-order chi connectivity index (χ1) is 7.00. The molecule has 0 saturated carbocycles. The molecular weight excluding hydrogens is 206 g/mol. The quantitative estimate of drug-likeness (QED) is 0.495.